The summed E-state index contributed by atoms with van der Waals surface area (Å²) in [4.78, 5) is 34.5. The first-order chi connectivity index (χ1) is 18.2. The smallest absolute Gasteiger partial charge is 0.327 e. The van der Waals surface area contributed by atoms with E-state index in [1.807, 2.05) is 6.07 Å². The van der Waals surface area contributed by atoms with Gasteiger partial charge in [-0.1, -0.05) is 35.8 Å². The number of carbonyl (C=O) groups is 2. The van der Waals surface area contributed by atoms with E-state index < -0.39 is 6.03 Å². The largest absolute Gasteiger partial charge is 0.495 e. The first-order valence-corrected chi connectivity index (χ1v) is 11.8. The molecule has 0 aliphatic rings. The molecule has 0 saturated heterocycles. The fourth-order valence-electron chi connectivity index (χ4n) is 3.34. The number of rotatable bonds is 10. The molecule has 0 bridgehead atoms. The third-order valence-corrected chi connectivity index (χ3v) is 5.92. The molecule has 0 atom stereocenters. The molecule has 1 aromatic heterocycles. The average molecular weight is 561 g/mol. The maximum absolute atomic E-state index is 13.1. The average Bonchev–Trinajstić information content (AvgIpc) is 2.90. The Hall–Kier alpha value is -4.06. The summed E-state index contributed by atoms with van der Waals surface area (Å²) in [5, 5.41) is 8.80. The van der Waals surface area contributed by atoms with Crippen molar-refractivity contribution in [2.24, 2.45) is 0 Å². The van der Waals surface area contributed by atoms with E-state index in [-0.39, 0.29) is 39.0 Å². The summed E-state index contributed by atoms with van der Waals surface area (Å²) >= 11 is 12.9. The summed E-state index contributed by atoms with van der Waals surface area (Å²) in [6.07, 6.45) is 2.44. The van der Waals surface area contributed by atoms with E-state index in [1.165, 1.54) is 44.6 Å². The van der Waals surface area contributed by atoms with Gasteiger partial charge in [-0.25, -0.2) is 14.8 Å². The lowest BCUT2D eigenvalue weighted by molar-refractivity contribution is -0.111. The van der Waals surface area contributed by atoms with Crippen molar-refractivity contribution in [2.45, 2.75) is 6.61 Å². The minimum absolute atomic E-state index is 0.131. The highest BCUT2D eigenvalue weighted by molar-refractivity contribution is 6.42. The van der Waals surface area contributed by atoms with Gasteiger partial charge in [0.05, 0.1) is 37.9 Å². The molecule has 0 saturated carbocycles. The standard InChI is InChI=1S/C25H26Cl2N6O5/c1-6-21(34)31-16-9-14(12-36-3)7-8-15(16)30-19-11-20(29-13-28-19)32-25(35)33(2)24-22(26)17(37-4)10-18(38-5)23(24)27/h6-11,13H,1,12H2,2-5H3,(H,31,34)(H2,28,29,30,32,35). The molecule has 0 fully saturated rings. The molecule has 200 valence electrons. The Labute approximate surface area is 229 Å². The van der Waals surface area contributed by atoms with Crippen LogP contribution in [0.3, 0.4) is 0 Å². The summed E-state index contributed by atoms with van der Waals surface area (Å²) in [6, 6.07) is 7.82. The van der Waals surface area contributed by atoms with Gasteiger partial charge >= 0.3 is 6.03 Å². The lowest BCUT2D eigenvalue weighted by Gasteiger charge is -2.23. The van der Waals surface area contributed by atoms with Crippen LogP contribution in [-0.4, -0.2) is 50.3 Å². The Morgan fingerprint density at radius 3 is 2.24 bits per heavy atom. The number of ether oxygens (including phenoxy) is 3. The number of nitrogens with zero attached hydrogens (tertiary/aromatic N) is 3. The number of methoxy groups -OCH3 is 3. The van der Waals surface area contributed by atoms with E-state index in [0.717, 1.165) is 11.6 Å². The quantitative estimate of drug-likeness (QED) is 0.278. The van der Waals surface area contributed by atoms with Crippen LogP contribution in [-0.2, 0) is 16.1 Å². The van der Waals surface area contributed by atoms with Crippen LogP contribution in [0, 0.1) is 0 Å². The van der Waals surface area contributed by atoms with Crippen LogP contribution in [0.15, 0.2) is 49.3 Å². The lowest BCUT2D eigenvalue weighted by Crippen LogP contribution is -2.32. The van der Waals surface area contributed by atoms with Gasteiger partial charge in [0.1, 0.15) is 39.5 Å². The van der Waals surface area contributed by atoms with Crippen LogP contribution in [0.5, 0.6) is 11.5 Å². The van der Waals surface area contributed by atoms with Crippen LogP contribution in [0.25, 0.3) is 0 Å². The van der Waals surface area contributed by atoms with Gasteiger partial charge < -0.3 is 24.8 Å². The fraction of sp³-hybridized carbons (Fsp3) is 0.200. The van der Waals surface area contributed by atoms with Crippen molar-refractivity contribution in [1.29, 1.82) is 0 Å². The number of amides is 3. The summed E-state index contributed by atoms with van der Waals surface area (Å²) in [5.74, 6) is 0.728. The molecule has 3 N–H and O–H groups in total. The topological polar surface area (TPSA) is 127 Å². The fourth-order valence-corrected chi connectivity index (χ4v) is 4.09. The SMILES string of the molecule is C=CC(=O)Nc1cc(COC)ccc1Nc1cc(NC(=O)N(C)c2c(Cl)c(OC)cc(OC)c2Cl)ncn1. The Morgan fingerprint density at radius 1 is 0.974 bits per heavy atom. The molecule has 0 spiro atoms. The summed E-state index contributed by atoms with van der Waals surface area (Å²) < 4.78 is 15.7. The van der Waals surface area contributed by atoms with Crippen molar-refractivity contribution in [2.75, 3.05) is 49.2 Å². The van der Waals surface area contributed by atoms with Gasteiger partial charge in [0.2, 0.25) is 5.91 Å². The molecule has 11 nitrogen and oxygen atoms in total. The number of anilines is 5. The van der Waals surface area contributed by atoms with Crippen LogP contribution in [0.1, 0.15) is 5.56 Å². The molecule has 2 aromatic carbocycles. The monoisotopic (exact) mass is 560 g/mol. The third kappa shape index (κ3) is 6.62. The minimum atomic E-state index is -0.586. The molecule has 0 unspecified atom stereocenters. The van der Waals surface area contributed by atoms with Crippen molar-refractivity contribution in [1.82, 2.24) is 9.97 Å². The lowest BCUT2D eigenvalue weighted by atomic mass is 10.1. The molecule has 0 aliphatic carbocycles. The molecule has 0 aliphatic heterocycles. The molecule has 3 amide bonds. The van der Waals surface area contributed by atoms with E-state index in [4.69, 9.17) is 37.4 Å². The first kappa shape index (κ1) is 28.5. The zero-order valence-electron chi connectivity index (χ0n) is 21.1. The van der Waals surface area contributed by atoms with Gasteiger partial charge in [-0.3, -0.25) is 15.0 Å². The summed E-state index contributed by atoms with van der Waals surface area (Å²) in [6.45, 7) is 3.84. The summed E-state index contributed by atoms with van der Waals surface area (Å²) in [5.41, 5.74) is 2.08. The van der Waals surface area contributed by atoms with Crippen LogP contribution >= 0.6 is 23.2 Å². The van der Waals surface area contributed by atoms with Crippen LogP contribution < -0.4 is 30.3 Å². The molecule has 38 heavy (non-hydrogen) atoms. The van der Waals surface area contributed by atoms with Crippen molar-refractivity contribution < 1.29 is 23.8 Å². The molecule has 0 radical (unpaired) electrons. The van der Waals surface area contributed by atoms with E-state index in [1.54, 1.807) is 19.2 Å². The van der Waals surface area contributed by atoms with E-state index >= 15 is 0 Å². The maximum atomic E-state index is 13.1. The van der Waals surface area contributed by atoms with Crippen molar-refractivity contribution in [3.63, 3.8) is 0 Å². The molecule has 13 heteroatoms. The highest BCUT2D eigenvalue weighted by Gasteiger charge is 2.24. The zero-order valence-corrected chi connectivity index (χ0v) is 22.6. The van der Waals surface area contributed by atoms with Gasteiger partial charge in [0, 0.05) is 26.3 Å². The van der Waals surface area contributed by atoms with E-state index in [9.17, 15) is 9.59 Å². The Kier molecular flexibility index (Phi) is 9.72. The Morgan fingerprint density at radius 2 is 1.63 bits per heavy atom. The highest BCUT2D eigenvalue weighted by Crippen LogP contribution is 2.45. The predicted molar refractivity (Wildman–Crippen MR) is 148 cm³/mol. The number of benzene rings is 2. The van der Waals surface area contributed by atoms with Crippen LogP contribution in [0.4, 0.5) is 33.5 Å². The number of hydrogen-bond acceptors (Lipinski definition) is 8. The number of carbonyl (C=O) groups excluding carboxylic acids is 2. The second kappa shape index (κ2) is 13.0. The molecule has 3 aromatic rings. The molecular weight excluding hydrogens is 535 g/mol. The number of urea groups is 1. The number of hydrogen-bond donors (Lipinski definition) is 3. The van der Waals surface area contributed by atoms with E-state index in [2.05, 4.69) is 32.5 Å². The van der Waals surface area contributed by atoms with Gasteiger partial charge in [0.25, 0.3) is 0 Å². The third-order valence-electron chi connectivity index (χ3n) is 5.19. The minimum Gasteiger partial charge on any atom is -0.495 e. The number of halogens is 2. The normalized spacial score (nSPS) is 10.4. The summed E-state index contributed by atoms with van der Waals surface area (Å²) in [7, 11) is 5.94. The van der Waals surface area contributed by atoms with Crippen molar-refractivity contribution in [3.05, 3.63) is 64.9 Å². The maximum Gasteiger partial charge on any atom is 0.327 e. The van der Waals surface area contributed by atoms with Crippen molar-refractivity contribution >= 4 is 63.8 Å². The highest BCUT2D eigenvalue weighted by atomic mass is 35.5. The zero-order chi connectivity index (χ0) is 27.8. The first-order valence-electron chi connectivity index (χ1n) is 11.0. The van der Waals surface area contributed by atoms with Gasteiger partial charge in [-0.2, -0.15) is 0 Å². The molecular formula is C25H26Cl2N6O5. The molecule has 3 rings (SSSR count). The van der Waals surface area contributed by atoms with Gasteiger partial charge in [-0.15, -0.1) is 0 Å². The van der Waals surface area contributed by atoms with Crippen molar-refractivity contribution in [3.8, 4) is 11.5 Å². The predicted octanol–water partition coefficient (Wildman–Crippen LogP) is 5.48. The van der Waals surface area contributed by atoms with E-state index in [0.29, 0.717) is 23.8 Å². The van der Waals surface area contributed by atoms with Gasteiger partial charge in [-0.05, 0) is 23.8 Å². The Bertz CT molecular complexity index is 1330. The number of nitrogens with one attached hydrogen (secondary N) is 3. The Balaban J connectivity index is 1.84. The second-order valence-electron chi connectivity index (χ2n) is 7.67. The van der Waals surface area contributed by atoms with Gasteiger partial charge in [0.15, 0.2) is 0 Å². The second-order valence-corrected chi connectivity index (χ2v) is 8.42. The number of aromatic nitrogens is 2. The molecule has 1 heterocycles. The van der Waals surface area contributed by atoms with Crippen LogP contribution in [0.2, 0.25) is 10.0 Å².